The minimum atomic E-state index is -0.609. The molecule has 1 aromatic carbocycles. The van der Waals surface area contributed by atoms with Crippen LogP contribution in [-0.4, -0.2) is 12.9 Å². The normalized spacial score (nSPS) is 10.0. The lowest BCUT2D eigenvalue weighted by Gasteiger charge is -2.06. The van der Waals surface area contributed by atoms with Gasteiger partial charge in [-0.3, -0.25) is 4.79 Å². The molecular formula is C10H10ClFO2. The maximum absolute atomic E-state index is 13.2. The highest BCUT2D eigenvalue weighted by atomic mass is 35.5. The maximum Gasteiger partial charge on any atom is 0.165 e. The van der Waals surface area contributed by atoms with Crippen molar-refractivity contribution in [1.82, 2.24) is 0 Å². The van der Waals surface area contributed by atoms with Gasteiger partial charge in [0.2, 0.25) is 0 Å². The van der Waals surface area contributed by atoms with E-state index in [-0.39, 0.29) is 22.8 Å². The van der Waals surface area contributed by atoms with Gasteiger partial charge in [-0.05, 0) is 12.1 Å². The van der Waals surface area contributed by atoms with Crippen LogP contribution in [0.5, 0.6) is 5.75 Å². The zero-order valence-corrected chi connectivity index (χ0v) is 8.69. The van der Waals surface area contributed by atoms with Gasteiger partial charge < -0.3 is 4.74 Å². The lowest BCUT2D eigenvalue weighted by atomic mass is 10.1. The quantitative estimate of drug-likeness (QED) is 0.726. The molecule has 1 aromatic rings. The Kier molecular flexibility index (Phi) is 3.47. The predicted molar refractivity (Wildman–Crippen MR) is 52.6 cm³/mol. The Labute approximate surface area is 86.6 Å². The SMILES string of the molecule is CCC(=O)c1cc(OC)c(Cl)cc1F. The average molecular weight is 217 g/mol. The summed E-state index contributed by atoms with van der Waals surface area (Å²) in [5, 5.41) is 0.164. The molecule has 0 aliphatic heterocycles. The highest BCUT2D eigenvalue weighted by molar-refractivity contribution is 6.32. The van der Waals surface area contributed by atoms with Crippen LogP contribution in [0.2, 0.25) is 5.02 Å². The number of Topliss-reactive ketones (excluding diaryl/α,β-unsaturated/α-hetero) is 1. The summed E-state index contributed by atoms with van der Waals surface area (Å²) >= 11 is 5.67. The molecule has 76 valence electrons. The second-order valence-electron chi connectivity index (χ2n) is 2.74. The van der Waals surface area contributed by atoms with Gasteiger partial charge in [-0.1, -0.05) is 18.5 Å². The van der Waals surface area contributed by atoms with E-state index in [9.17, 15) is 9.18 Å². The third-order valence-corrected chi connectivity index (χ3v) is 2.16. The van der Waals surface area contributed by atoms with E-state index in [1.54, 1.807) is 6.92 Å². The first-order valence-corrected chi connectivity index (χ1v) is 4.54. The van der Waals surface area contributed by atoms with Gasteiger partial charge in [-0.2, -0.15) is 0 Å². The second-order valence-corrected chi connectivity index (χ2v) is 3.15. The van der Waals surface area contributed by atoms with E-state index >= 15 is 0 Å². The number of benzene rings is 1. The summed E-state index contributed by atoms with van der Waals surface area (Å²) in [7, 11) is 1.42. The van der Waals surface area contributed by atoms with Crippen molar-refractivity contribution < 1.29 is 13.9 Å². The number of carbonyl (C=O) groups excluding carboxylic acids is 1. The van der Waals surface area contributed by atoms with Crippen LogP contribution in [0.1, 0.15) is 23.7 Å². The smallest absolute Gasteiger partial charge is 0.165 e. The molecule has 0 bridgehead atoms. The summed E-state index contributed by atoms with van der Waals surface area (Å²) in [5.74, 6) is -0.565. The minimum absolute atomic E-state index is 0.0220. The molecule has 0 heterocycles. The summed E-state index contributed by atoms with van der Waals surface area (Å²) in [4.78, 5) is 11.3. The van der Waals surface area contributed by atoms with Gasteiger partial charge in [0.25, 0.3) is 0 Å². The fourth-order valence-corrected chi connectivity index (χ4v) is 1.32. The molecule has 0 saturated carbocycles. The van der Waals surface area contributed by atoms with E-state index in [1.807, 2.05) is 0 Å². The predicted octanol–water partition coefficient (Wildman–Crippen LogP) is 3.08. The topological polar surface area (TPSA) is 26.3 Å². The van der Waals surface area contributed by atoms with Crippen molar-refractivity contribution in [3.63, 3.8) is 0 Å². The minimum Gasteiger partial charge on any atom is -0.495 e. The van der Waals surface area contributed by atoms with Crippen LogP contribution >= 0.6 is 11.6 Å². The fourth-order valence-electron chi connectivity index (χ4n) is 1.09. The van der Waals surface area contributed by atoms with Crippen LogP contribution in [0.3, 0.4) is 0 Å². The van der Waals surface area contributed by atoms with Gasteiger partial charge in [0.1, 0.15) is 11.6 Å². The molecule has 1 rings (SSSR count). The number of methoxy groups -OCH3 is 1. The first-order valence-electron chi connectivity index (χ1n) is 4.16. The highest BCUT2D eigenvalue weighted by Gasteiger charge is 2.13. The van der Waals surface area contributed by atoms with Gasteiger partial charge in [-0.15, -0.1) is 0 Å². The molecule has 2 nitrogen and oxygen atoms in total. The maximum atomic E-state index is 13.2. The number of ether oxygens (including phenoxy) is 1. The van der Waals surface area contributed by atoms with Crippen molar-refractivity contribution >= 4 is 17.4 Å². The monoisotopic (exact) mass is 216 g/mol. The number of rotatable bonds is 3. The van der Waals surface area contributed by atoms with Gasteiger partial charge >= 0.3 is 0 Å². The van der Waals surface area contributed by atoms with Crippen LogP contribution in [0.4, 0.5) is 4.39 Å². The number of ketones is 1. The summed E-state index contributed by atoms with van der Waals surface area (Å²) in [6.45, 7) is 1.67. The van der Waals surface area contributed by atoms with Crippen LogP contribution in [-0.2, 0) is 0 Å². The second kappa shape index (κ2) is 4.42. The van der Waals surface area contributed by atoms with Crippen molar-refractivity contribution in [1.29, 1.82) is 0 Å². The number of carbonyl (C=O) groups is 1. The van der Waals surface area contributed by atoms with E-state index < -0.39 is 5.82 Å². The Morgan fingerprint density at radius 3 is 2.71 bits per heavy atom. The fraction of sp³-hybridized carbons (Fsp3) is 0.300. The molecule has 0 N–H and O–H groups in total. The molecular weight excluding hydrogens is 207 g/mol. The van der Waals surface area contributed by atoms with E-state index in [1.165, 1.54) is 13.2 Å². The summed E-state index contributed by atoms with van der Waals surface area (Å²) in [5.41, 5.74) is 0.0220. The molecule has 0 amide bonds. The zero-order valence-electron chi connectivity index (χ0n) is 7.93. The van der Waals surface area contributed by atoms with E-state index in [4.69, 9.17) is 16.3 Å². The van der Waals surface area contributed by atoms with E-state index in [2.05, 4.69) is 0 Å². The van der Waals surface area contributed by atoms with Crippen molar-refractivity contribution in [2.24, 2.45) is 0 Å². The van der Waals surface area contributed by atoms with Crippen LogP contribution in [0.15, 0.2) is 12.1 Å². The molecule has 4 heteroatoms. The first kappa shape index (κ1) is 11.0. The van der Waals surface area contributed by atoms with E-state index in [0.29, 0.717) is 5.75 Å². The molecule has 0 aliphatic rings. The molecule has 0 fully saturated rings. The van der Waals surface area contributed by atoms with E-state index in [0.717, 1.165) is 6.07 Å². The Morgan fingerprint density at radius 2 is 2.21 bits per heavy atom. The Bertz CT molecular complexity index is 363. The molecule has 0 aromatic heterocycles. The molecule has 0 spiro atoms. The van der Waals surface area contributed by atoms with Crippen molar-refractivity contribution in [2.75, 3.05) is 7.11 Å². The number of hydrogen-bond donors (Lipinski definition) is 0. The third-order valence-electron chi connectivity index (χ3n) is 1.86. The highest BCUT2D eigenvalue weighted by Crippen LogP contribution is 2.27. The average Bonchev–Trinajstić information content (AvgIpc) is 2.17. The lowest BCUT2D eigenvalue weighted by Crippen LogP contribution is -2.01. The van der Waals surface area contributed by atoms with Crippen LogP contribution < -0.4 is 4.74 Å². The Morgan fingerprint density at radius 1 is 1.57 bits per heavy atom. The zero-order chi connectivity index (χ0) is 10.7. The van der Waals surface area contributed by atoms with Gasteiger partial charge in [0, 0.05) is 6.42 Å². The standard InChI is InChI=1S/C10H10ClFO2/c1-3-9(13)6-4-10(14-2)7(11)5-8(6)12/h4-5H,3H2,1-2H3. The molecule has 0 aliphatic carbocycles. The van der Waals surface area contributed by atoms with Gasteiger partial charge in [0.05, 0.1) is 17.7 Å². The molecule has 0 unspecified atom stereocenters. The van der Waals surface area contributed by atoms with Crippen molar-refractivity contribution in [2.45, 2.75) is 13.3 Å². The largest absolute Gasteiger partial charge is 0.495 e. The van der Waals surface area contributed by atoms with Crippen LogP contribution in [0, 0.1) is 5.82 Å². The van der Waals surface area contributed by atoms with Gasteiger partial charge in [-0.25, -0.2) is 4.39 Å². The van der Waals surface area contributed by atoms with Gasteiger partial charge in [0.15, 0.2) is 5.78 Å². The van der Waals surface area contributed by atoms with Crippen LogP contribution in [0.25, 0.3) is 0 Å². The number of halogens is 2. The lowest BCUT2D eigenvalue weighted by molar-refractivity contribution is 0.0984. The number of hydrogen-bond acceptors (Lipinski definition) is 2. The summed E-state index contributed by atoms with van der Waals surface area (Å²) in [6, 6.07) is 2.41. The summed E-state index contributed by atoms with van der Waals surface area (Å²) < 4.78 is 18.1. The van der Waals surface area contributed by atoms with Crippen molar-refractivity contribution in [3.05, 3.63) is 28.5 Å². The molecule has 14 heavy (non-hydrogen) atoms. The first-order chi connectivity index (χ1) is 6.60. The molecule has 0 saturated heterocycles. The molecule has 0 radical (unpaired) electrons. The molecule has 0 atom stereocenters. The Hall–Kier alpha value is -1.09. The third kappa shape index (κ3) is 2.04. The summed E-state index contributed by atoms with van der Waals surface area (Å²) in [6.07, 6.45) is 0.252. The van der Waals surface area contributed by atoms with Crippen molar-refractivity contribution in [3.8, 4) is 5.75 Å². The Balaban J connectivity index is 3.24.